The van der Waals surface area contributed by atoms with E-state index in [4.69, 9.17) is 16.3 Å². The Morgan fingerprint density at radius 3 is 2.58 bits per heavy atom. The lowest BCUT2D eigenvalue weighted by molar-refractivity contribution is 0.0697. The average molecular weight is 342 g/mol. The molecule has 0 saturated carbocycles. The van der Waals surface area contributed by atoms with Gasteiger partial charge in [-0.25, -0.2) is 4.79 Å². The van der Waals surface area contributed by atoms with Crippen LogP contribution in [0.25, 0.3) is 11.1 Å². The molecular weight excluding hydrogens is 332 g/mol. The molecule has 98 valence electrons. The van der Waals surface area contributed by atoms with Gasteiger partial charge in [-0.15, -0.1) is 0 Å². The second kappa shape index (κ2) is 5.63. The fraction of sp³-hybridized carbons (Fsp3) is 0.0714. The Bertz CT molecular complexity index is 641. The van der Waals surface area contributed by atoms with Crippen LogP contribution in [0.4, 0.5) is 0 Å². The van der Waals surface area contributed by atoms with Crippen molar-refractivity contribution in [3.8, 4) is 16.9 Å². The first-order chi connectivity index (χ1) is 9.02. The number of methoxy groups -OCH3 is 1. The van der Waals surface area contributed by atoms with Crippen molar-refractivity contribution >= 4 is 33.5 Å². The van der Waals surface area contributed by atoms with Gasteiger partial charge in [0.2, 0.25) is 0 Å². The van der Waals surface area contributed by atoms with Gasteiger partial charge in [-0.3, -0.25) is 0 Å². The Hall–Kier alpha value is -1.52. The number of carbonyl (C=O) groups is 1. The molecule has 19 heavy (non-hydrogen) atoms. The molecule has 0 amide bonds. The van der Waals surface area contributed by atoms with Gasteiger partial charge in [0.1, 0.15) is 5.75 Å². The summed E-state index contributed by atoms with van der Waals surface area (Å²) in [6.45, 7) is 0. The van der Waals surface area contributed by atoms with Crippen LogP contribution >= 0.6 is 27.5 Å². The molecular formula is C14H10BrClO3. The van der Waals surface area contributed by atoms with Crippen LogP contribution in [-0.4, -0.2) is 18.2 Å². The predicted molar refractivity (Wildman–Crippen MR) is 78.1 cm³/mol. The molecule has 0 bridgehead atoms. The summed E-state index contributed by atoms with van der Waals surface area (Å²) in [4.78, 5) is 11.3. The highest BCUT2D eigenvalue weighted by molar-refractivity contribution is 9.10. The van der Waals surface area contributed by atoms with Gasteiger partial charge in [-0.1, -0.05) is 33.6 Å². The molecule has 2 rings (SSSR count). The summed E-state index contributed by atoms with van der Waals surface area (Å²) < 4.78 is 5.96. The molecule has 5 heteroatoms. The van der Waals surface area contributed by atoms with Crippen molar-refractivity contribution in [1.82, 2.24) is 0 Å². The zero-order chi connectivity index (χ0) is 14.0. The van der Waals surface area contributed by atoms with Crippen LogP contribution in [0.3, 0.4) is 0 Å². The molecule has 2 aromatic rings. The third-order valence-corrected chi connectivity index (χ3v) is 3.39. The van der Waals surface area contributed by atoms with E-state index in [0.717, 1.165) is 0 Å². The Balaban J connectivity index is 2.71. The van der Waals surface area contributed by atoms with Crippen molar-refractivity contribution < 1.29 is 14.6 Å². The SMILES string of the molecule is COc1ccc(Cl)cc1-c1ccc(Br)cc1C(=O)O. The first-order valence-electron chi connectivity index (χ1n) is 5.39. The fourth-order valence-electron chi connectivity index (χ4n) is 1.82. The van der Waals surface area contributed by atoms with Gasteiger partial charge in [0.05, 0.1) is 12.7 Å². The monoisotopic (exact) mass is 340 g/mol. The van der Waals surface area contributed by atoms with E-state index in [-0.39, 0.29) is 5.56 Å². The van der Waals surface area contributed by atoms with Crippen LogP contribution in [-0.2, 0) is 0 Å². The molecule has 0 radical (unpaired) electrons. The second-order valence-electron chi connectivity index (χ2n) is 3.84. The predicted octanol–water partition coefficient (Wildman–Crippen LogP) is 4.48. The molecule has 0 heterocycles. The maximum Gasteiger partial charge on any atom is 0.336 e. The van der Waals surface area contributed by atoms with E-state index < -0.39 is 5.97 Å². The van der Waals surface area contributed by atoms with Gasteiger partial charge in [0.15, 0.2) is 0 Å². The number of carboxylic acids is 1. The quantitative estimate of drug-likeness (QED) is 0.895. The van der Waals surface area contributed by atoms with Gasteiger partial charge < -0.3 is 9.84 Å². The first-order valence-corrected chi connectivity index (χ1v) is 6.57. The Morgan fingerprint density at radius 2 is 1.95 bits per heavy atom. The largest absolute Gasteiger partial charge is 0.496 e. The van der Waals surface area contributed by atoms with Gasteiger partial charge in [0, 0.05) is 15.1 Å². The minimum atomic E-state index is -1.00. The lowest BCUT2D eigenvalue weighted by atomic mass is 9.99. The average Bonchev–Trinajstić information content (AvgIpc) is 2.38. The zero-order valence-corrected chi connectivity index (χ0v) is 12.3. The number of benzene rings is 2. The lowest BCUT2D eigenvalue weighted by Gasteiger charge is -2.12. The van der Waals surface area contributed by atoms with Gasteiger partial charge in [0.25, 0.3) is 0 Å². The molecule has 0 aliphatic heterocycles. The van der Waals surface area contributed by atoms with E-state index in [2.05, 4.69) is 15.9 Å². The van der Waals surface area contributed by atoms with E-state index in [1.165, 1.54) is 7.11 Å². The second-order valence-corrected chi connectivity index (χ2v) is 5.19. The number of ether oxygens (including phenoxy) is 1. The smallest absolute Gasteiger partial charge is 0.336 e. The van der Waals surface area contributed by atoms with E-state index in [9.17, 15) is 9.90 Å². The third-order valence-electron chi connectivity index (χ3n) is 2.66. The summed E-state index contributed by atoms with van der Waals surface area (Å²) in [6, 6.07) is 10.2. The molecule has 0 unspecified atom stereocenters. The van der Waals surface area contributed by atoms with Crippen molar-refractivity contribution in [3.63, 3.8) is 0 Å². The standard InChI is InChI=1S/C14H10BrClO3/c1-19-13-5-3-9(16)7-11(13)10-4-2-8(15)6-12(10)14(17)18/h2-7H,1H3,(H,17,18). The van der Waals surface area contributed by atoms with Gasteiger partial charge >= 0.3 is 5.97 Å². The van der Waals surface area contributed by atoms with Crippen LogP contribution in [0, 0.1) is 0 Å². The zero-order valence-electron chi connectivity index (χ0n) is 9.98. The van der Waals surface area contributed by atoms with E-state index in [1.807, 2.05) is 0 Å². The lowest BCUT2D eigenvalue weighted by Crippen LogP contribution is -2.00. The highest BCUT2D eigenvalue weighted by atomic mass is 79.9. The van der Waals surface area contributed by atoms with Crippen molar-refractivity contribution in [2.75, 3.05) is 7.11 Å². The molecule has 0 aliphatic carbocycles. The number of hydrogen-bond donors (Lipinski definition) is 1. The van der Waals surface area contributed by atoms with Crippen molar-refractivity contribution in [1.29, 1.82) is 0 Å². The van der Waals surface area contributed by atoms with Crippen molar-refractivity contribution in [3.05, 3.63) is 51.5 Å². The van der Waals surface area contributed by atoms with Crippen LogP contribution in [0.5, 0.6) is 5.75 Å². The topological polar surface area (TPSA) is 46.5 Å². The molecule has 0 spiro atoms. The summed E-state index contributed by atoms with van der Waals surface area (Å²) >= 11 is 9.24. The molecule has 0 atom stereocenters. The Kier molecular flexibility index (Phi) is 4.12. The fourth-order valence-corrected chi connectivity index (χ4v) is 2.35. The van der Waals surface area contributed by atoms with Crippen LogP contribution < -0.4 is 4.74 Å². The highest BCUT2D eigenvalue weighted by Crippen LogP contribution is 2.35. The van der Waals surface area contributed by atoms with E-state index >= 15 is 0 Å². The van der Waals surface area contributed by atoms with Crippen LogP contribution in [0.15, 0.2) is 40.9 Å². The molecule has 0 fully saturated rings. The van der Waals surface area contributed by atoms with Crippen molar-refractivity contribution in [2.24, 2.45) is 0 Å². The molecule has 2 aromatic carbocycles. The number of aromatic carboxylic acids is 1. The van der Waals surface area contributed by atoms with Gasteiger partial charge in [-0.2, -0.15) is 0 Å². The molecule has 1 N–H and O–H groups in total. The Labute approximate surface area is 123 Å². The first kappa shape index (κ1) is 13.9. The number of halogens is 2. The van der Waals surface area contributed by atoms with Crippen LogP contribution in [0.2, 0.25) is 5.02 Å². The molecule has 0 saturated heterocycles. The van der Waals surface area contributed by atoms with Gasteiger partial charge in [-0.05, 0) is 35.9 Å². The third kappa shape index (κ3) is 2.91. The molecule has 0 aliphatic rings. The van der Waals surface area contributed by atoms with Crippen molar-refractivity contribution in [2.45, 2.75) is 0 Å². The summed E-state index contributed by atoms with van der Waals surface area (Å²) in [5.41, 5.74) is 1.41. The summed E-state index contributed by atoms with van der Waals surface area (Å²) in [7, 11) is 1.53. The maximum atomic E-state index is 11.3. The molecule has 0 aromatic heterocycles. The molecule has 3 nitrogen and oxygen atoms in total. The van der Waals surface area contributed by atoms with E-state index in [0.29, 0.717) is 26.4 Å². The minimum Gasteiger partial charge on any atom is -0.496 e. The van der Waals surface area contributed by atoms with Crippen LogP contribution in [0.1, 0.15) is 10.4 Å². The number of carboxylic acid groups (broad SMARTS) is 1. The maximum absolute atomic E-state index is 11.3. The highest BCUT2D eigenvalue weighted by Gasteiger charge is 2.15. The Morgan fingerprint density at radius 1 is 1.21 bits per heavy atom. The van der Waals surface area contributed by atoms with E-state index in [1.54, 1.807) is 36.4 Å². The minimum absolute atomic E-state index is 0.190. The summed E-state index contributed by atoms with van der Waals surface area (Å²) in [5.74, 6) is -0.424. The number of hydrogen-bond acceptors (Lipinski definition) is 2. The summed E-state index contributed by atoms with van der Waals surface area (Å²) in [5, 5.41) is 9.81. The summed E-state index contributed by atoms with van der Waals surface area (Å²) in [6.07, 6.45) is 0. The number of rotatable bonds is 3. The normalized spacial score (nSPS) is 10.3.